The van der Waals surface area contributed by atoms with Crippen LogP contribution < -0.4 is 5.32 Å². The van der Waals surface area contributed by atoms with E-state index in [9.17, 15) is 0 Å². The summed E-state index contributed by atoms with van der Waals surface area (Å²) in [4.78, 5) is 0. The molecular weight excluding hydrogens is 194 g/mol. The highest BCUT2D eigenvalue weighted by Gasteiger charge is 2.04. The van der Waals surface area contributed by atoms with E-state index in [4.69, 9.17) is 0 Å². The van der Waals surface area contributed by atoms with Crippen LogP contribution in [0, 0.1) is 6.92 Å². The van der Waals surface area contributed by atoms with Gasteiger partial charge in [-0.3, -0.25) is 0 Å². The van der Waals surface area contributed by atoms with Crippen molar-refractivity contribution in [3.63, 3.8) is 0 Å². The molecule has 0 saturated carbocycles. The monoisotopic (exact) mass is 219 g/mol. The molecule has 0 saturated heterocycles. The summed E-state index contributed by atoms with van der Waals surface area (Å²) in [6.45, 7) is 7.68. The largest absolute Gasteiger partial charge is 0.310 e. The molecular formula is C15H25N. The number of aryl methyl sites for hydroxylation is 1. The summed E-state index contributed by atoms with van der Waals surface area (Å²) >= 11 is 0. The van der Waals surface area contributed by atoms with Crippen molar-refractivity contribution >= 4 is 0 Å². The Hall–Kier alpha value is -0.820. The van der Waals surface area contributed by atoms with Gasteiger partial charge >= 0.3 is 0 Å². The minimum Gasteiger partial charge on any atom is -0.310 e. The molecule has 0 heterocycles. The summed E-state index contributed by atoms with van der Waals surface area (Å²) in [6, 6.07) is 9.43. The Labute approximate surface area is 100 Å². The number of hydrogen-bond acceptors (Lipinski definition) is 1. The van der Waals surface area contributed by atoms with Crippen LogP contribution in [0.2, 0.25) is 0 Å². The van der Waals surface area contributed by atoms with Crippen molar-refractivity contribution in [3.05, 3.63) is 35.4 Å². The van der Waals surface area contributed by atoms with Gasteiger partial charge in [0.1, 0.15) is 0 Å². The molecule has 90 valence electrons. The van der Waals surface area contributed by atoms with E-state index in [0.717, 1.165) is 6.54 Å². The van der Waals surface area contributed by atoms with E-state index in [1.807, 2.05) is 0 Å². The predicted octanol–water partition coefficient (Wildman–Crippen LogP) is 4.05. The number of hydrogen-bond donors (Lipinski definition) is 1. The molecule has 1 atom stereocenters. The van der Waals surface area contributed by atoms with Gasteiger partial charge in [-0.05, 0) is 25.3 Å². The number of benzene rings is 1. The summed E-state index contributed by atoms with van der Waals surface area (Å²) in [5, 5.41) is 3.65. The van der Waals surface area contributed by atoms with Crippen LogP contribution in [0.15, 0.2) is 24.3 Å². The molecule has 1 N–H and O–H groups in total. The first kappa shape index (κ1) is 13.2. The van der Waals surface area contributed by atoms with Crippen LogP contribution in [-0.4, -0.2) is 6.04 Å². The molecule has 0 aliphatic heterocycles. The molecule has 1 heteroatoms. The zero-order valence-electron chi connectivity index (χ0n) is 10.9. The zero-order valence-corrected chi connectivity index (χ0v) is 10.9. The molecule has 1 rings (SSSR count). The van der Waals surface area contributed by atoms with Gasteiger partial charge in [-0.15, -0.1) is 0 Å². The summed E-state index contributed by atoms with van der Waals surface area (Å²) in [7, 11) is 0. The number of nitrogens with one attached hydrogen (secondary N) is 1. The highest BCUT2D eigenvalue weighted by atomic mass is 14.9. The minimum absolute atomic E-state index is 0.681. The van der Waals surface area contributed by atoms with E-state index >= 15 is 0 Å². The summed E-state index contributed by atoms with van der Waals surface area (Å²) in [5.41, 5.74) is 2.75. The average molecular weight is 219 g/mol. The molecule has 0 radical (unpaired) electrons. The van der Waals surface area contributed by atoms with E-state index in [2.05, 4.69) is 50.4 Å². The van der Waals surface area contributed by atoms with Crippen LogP contribution in [-0.2, 0) is 6.54 Å². The van der Waals surface area contributed by atoms with E-state index in [1.165, 1.54) is 36.8 Å². The van der Waals surface area contributed by atoms with Crippen molar-refractivity contribution in [1.82, 2.24) is 5.32 Å². The first-order chi connectivity index (χ1) is 7.76. The van der Waals surface area contributed by atoms with E-state index < -0.39 is 0 Å². The van der Waals surface area contributed by atoms with Gasteiger partial charge in [0.05, 0.1) is 0 Å². The van der Waals surface area contributed by atoms with Crippen LogP contribution in [0.1, 0.15) is 50.7 Å². The molecule has 1 unspecified atom stereocenters. The van der Waals surface area contributed by atoms with Gasteiger partial charge in [0.25, 0.3) is 0 Å². The minimum atomic E-state index is 0.681. The van der Waals surface area contributed by atoms with Gasteiger partial charge in [-0.2, -0.15) is 0 Å². The van der Waals surface area contributed by atoms with E-state index in [1.54, 1.807) is 0 Å². The van der Waals surface area contributed by atoms with Crippen molar-refractivity contribution in [1.29, 1.82) is 0 Å². The van der Waals surface area contributed by atoms with Crippen molar-refractivity contribution in [2.75, 3.05) is 0 Å². The third kappa shape index (κ3) is 4.80. The van der Waals surface area contributed by atoms with Crippen LogP contribution in [0.25, 0.3) is 0 Å². The maximum Gasteiger partial charge on any atom is 0.0208 e. The normalized spacial score (nSPS) is 12.7. The first-order valence-electron chi connectivity index (χ1n) is 6.55. The second kappa shape index (κ2) is 7.45. The standard InChI is InChI=1S/C15H25N/c1-4-6-10-15(5-2)16-12-14-9-7-8-13(3)11-14/h7-9,11,15-16H,4-6,10,12H2,1-3H3. The third-order valence-electron chi connectivity index (χ3n) is 3.08. The lowest BCUT2D eigenvalue weighted by molar-refractivity contribution is 0.452. The zero-order chi connectivity index (χ0) is 11.8. The molecule has 0 fully saturated rings. The molecule has 0 spiro atoms. The SMILES string of the molecule is CCCCC(CC)NCc1cccc(C)c1. The lowest BCUT2D eigenvalue weighted by Gasteiger charge is -2.16. The Kier molecular flexibility index (Phi) is 6.17. The van der Waals surface area contributed by atoms with Gasteiger partial charge in [0.15, 0.2) is 0 Å². The highest BCUT2D eigenvalue weighted by molar-refractivity contribution is 5.21. The fraction of sp³-hybridized carbons (Fsp3) is 0.600. The van der Waals surface area contributed by atoms with Crippen molar-refractivity contribution in [3.8, 4) is 0 Å². The lowest BCUT2D eigenvalue weighted by atomic mass is 10.1. The molecule has 0 bridgehead atoms. The molecule has 0 aromatic heterocycles. The summed E-state index contributed by atoms with van der Waals surface area (Å²) in [6.07, 6.45) is 5.16. The maximum absolute atomic E-state index is 3.65. The van der Waals surface area contributed by atoms with Gasteiger partial charge in [0.2, 0.25) is 0 Å². The maximum atomic E-state index is 3.65. The van der Waals surface area contributed by atoms with Gasteiger partial charge in [-0.1, -0.05) is 56.5 Å². The van der Waals surface area contributed by atoms with Crippen LogP contribution >= 0.6 is 0 Å². The molecule has 1 aromatic rings. The topological polar surface area (TPSA) is 12.0 Å². The Morgan fingerprint density at radius 2 is 2.06 bits per heavy atom. The lowest BCUT2D eigenvalue weighted by Crippen LogP contribution is -2.27. The summed E-state index contributed by atoms with van der Waals surface area (Å²) < 4.78 is 0. The van der Waals surface area contributed by atoms with Crippen molar-refractivity contribution < 1.29 is 0 Å². The smallest absolute Gasteiger partial charge is 0.0208 e. The molecule has 0 aliphatic rings. The molecule has 0 amide bonds. The molecule has 0 aliphatic carbocycles. The Morgan fingerprint density at radius 3 is 2.69 bits per heavy atom. The van der Waals surface area contributed by atoms with Crippen LogP contribution in [0.3, 0.4) is 0 Å². The fourth-order valence-corrected chi connectivity index (χ4v) is 1.99. The Balaban J connectivity index is 2.37. The predicted molar refractivity (Wildman–Crippen MR) is 71.6 cm³/mol. The molecule has 16 heavy (non-hydrogen) atoms. The van der Waals surface area contributed by atoms with Crippen molar-refractivity contribution in [2.24, 2.45) is 0 Å². The molecule has 1 aromatic carbocycles. The Morgan fingerprint density at radius 1 is 1.25 bits per heavy atom. The highest BCUT2D eigenvalue weighted by Crippen LogP contribution is 2.07. The number of rotatable bonds is 7. The number of unbranched alkanes of at least 4 members (excludes halogenated alkanes) is 1. The van der Waals surface area contributed by atoms with Crippen molar-refractivity contribution in [2.45, 2.75) is 59.0 Å². The van der Waals surface area contributed by atoms with Gasteiger partial charge in [0, 0.05) is 12.6 Å². The van der Waals surface area contributed by atoms with E-state index in [0.29, 0.717) is 6.04 Å². The average Bonchev–Trinajstić information content (AvgIpc) is 2.29. The summed E-state index contributed by atoms with van der Waals surface area (Å²) in [5.74, 6) is 0. The third-order valence-corrected chi connectivity index (χ3v) is 3.08. The van der Waals surface area contributed by atoms with Crippen LogP contribution in [0.5, 0.6) is 0 Å². The van der Waals surface area contributed by atoms with Gasteiger partial charge in [-0.25, -0.2) is 0 Å². The molecule has 1 nitrogen and oxygen atoms in total. The second-order valence-corrected chi connectivity index (χ2v) is 4.62. The fourth-order valence-electron chi connectivity index (χ4n) is 1.99. The Bertz CT molecular complexity index is 293. The second-order valence-electron chi connectivity index (χ2n) is 4.62. The van der Waals surface area contributed by atoms with Crippen LogP contribution in [0.4, 0.5) is 0 Å². The van der Waals surface area contributed by atoms with E-state index in [-0.39, 0.29) is 0 Å². The quantitative estimate of drug-likeness (QED) is 0.729. The van der Waals surface area contributed by atoms with Gasteiger partial charge < -0.3 is 5.32 Å². The first-order valence-corrected chi connectivity index (χ1v) is 6.55.